The molecule has 5 nitrogen and oxygen atoms in total. The number of nitrogens with zero attached hydrogens (tertiary/aromatic N) is 1. The Balaban J connectivity index is 1.41. The van der Waals surface area contributed by atoms with Gasteiger partial charge in [0.15, 0.2) is 0 Å². The largest absolute Gasteiger partial charge is 0.457 e. The molecule has 1 aliphatic rings. The molecular weight excluding hydrogens is 376 g/mol. The van der Waals surface area contributed by atoms with Gasteiger partial charge in [-0.1, -0.05) is 30.3 Å². The van der Waals surface area contributed by atoms with Gasteiger partial charge in [-0.15, -0.1) is 0 Å². The Morgan fingerprint density at radius 1 is 0.967 bits per heavy atom. The molecule has 4 aromatic rings. The number of anilines is 1. The van der Waals surface area contributed by atoms with Crippen LogP contribution in [-0.4, -0.2) is 10.5 Å². The maximum atomic E-state index is 13.0. The standard InChI is InChI=1S/C25H20N2O3/c1-16-14-17-6-5-9-21-23(17)27(16)15-22(24(21)28)25(29)26-18-10-12-20(13-11-18)30-19-7-3-2-4-8-19/h2-13,15-16H,14H2,1H3,(H,26,29). The number of hydrogen-bond donors (Lipinski definition) is 1. The molecule has 0 spiro atoms. The highest BCUT2D eigenvalue weighted by Crippen LogP contribution is 2.31. The lowest BCUT2D eigenvalue weighted by atomic mass is 10.1. The quantitative estimate of drug-likeness (QED) is 0.518. The number of para-hydroxylation sites is 2. The zero-order valence-electron chi connectivity index (χ0n) is 16.5. The molecule has 5 rings (SSSR count). The molecule has 0 saturated carbocycles. The molecule has 148 valence electrons. The van der Waals surface area contributed by atoms with Crippen molar-refractivity contribution in [3.63, 3.8) is 0 Å². The van der Waals surface area contributed by atoms with Gasteiger partial charge in [-0.25, -0.2) is 0 Å². The Morgan fingerprint density at radius 2 is 1.70 bits per heavy atom. The normalized spacial score (nSPS) is 14.6. The van der Waals surface area contributed by atoms with Crippen LogP contribution < -0.4 is 15.5 Å². The molecule has 2 heterocycles. The van der Waals surface area contributed by atoms with Gasteiger partial charge < -0.3 is 14.6 Å². The van der Waals surface area contributed by atoms with Crippen molar-refractivity contribution in [3.05, 3.63) is 100 Å². The summed E-state index contributed by atoms with van der Waals surface area (Å²) in [5, 5.41) is 3.42. The van der Waals surface area contributed by atoms with E-state index in [0.717, 1.165) is 23.3 Å². The van der Waals surface area contributed by atoms with Crippen LogP contribution in [0.5, 0.6) is 11.5 Å². The van der Waals surface area contributed by atoms with Gasteiger partial charge in [0, 0.05) is 23.3 Å². The molecule has 0 fully saturated rings. The first-order chi connectivity index (χ1) is 14.6. The number of benzene rings is 3. The van der Waals surface area contributed by atoms with E-state index >= 15 is 0 Å². The first kappa shape index (κ1) is 18.2. The van der Waals surface area contributed by atoms with Crippen LogP contribution in [0.15, 0.2) is 83.8 Å². The van der Waals surface area contributed by atoms with Crippen LogP contribution >= 0.6 is 0 Å². The van der Waals surface area contributed by atoms with Crippen LogP contribution in [-0.2, 0) is 6.42 Å². The van der Waals surface area contributed by atoms with E-state index in [1.165, 1.54) is 0 Å². The Bertz CT molecular complexity index is 1310. The molecular formula is C25H20N2O3. The zero-order chi connectivity index (χ0) is 20.7. The number of carbonyl (C=O) groups excluding carboxylic acids is 1. The highest BCUT2D eigenvalue weighted by atomic mass is 16.5. The van der Waals surface area contributed by atoms with Crippen molar-refractivity contribution < 1.29 is 9.53 Å². The molecule has 1 aliphatic heterocycles. The average Bonchev–Trinajstić information content (AvgIpc) is 3.08. The lowest BCUT2D eigenvalue weighted by molar-refractivity contribution is 0.102. The molecule has 1 N–H and O–H groups in total. The summed E-state index contributed by atoms with van der Waals surface area (Å²) in [6.45, 7) is 2.09. The van der Waals surface area contributed by atoms with E-state index in [0.29, 0.717) is 16.8 Å². The van der Waals surface area contributed by atoms with Gasteiger partial charge in [-0.3, -0.25) is 9.59 Å². The molecule has 1 unspecified atom stereocenters. The van der Waals surface area contributed by atoms with Gasteiger partial charge in [-0.2, -0.15) is 0 Å². The van der Waals surface area contributed by atoms with E-state index in [1.807, 2.05) is 47.0 Å². The number of carbonyl (C=O) groups is 1. The molecule has 0 aliphatic carbocycles. The Hall–Kier alpha value is -3.86. The van der Waals surface area contributed by atoms with E-state index in [-0.39, 0.29) is 17.0 Å². The topological polar surface area (TPSA) is 60.3 Å². The fourth-order valence-electron chi connectivity index (χ4n) is 4.01. The maximum absolute atomic E-state index is 13.0. The first-order valence-electron chi connectivity index (χ1n) is 9.91. The number of pyridine rings is 1. The van der Waals surface area contributed by atoms with Gasteiger partial charge >= 0.3 is 0 Å². The van der Waals surface area contributed by atoms with Gasteiger partial charge in [0.1, 0.15) is 17.1 Å². The second kappa shape index (κ2) is 7.19. The SMILES string of the molecule is CC1Cc2cccc3c(=O)c(C(=O)Nc4ccc(Oc5ccccc5)cc4)cn1c23. The summed E-state index contributed by atoms with van der Waals surface area (Å²) in [5.41, 5.74) is 2.60. The molecule has 1 amide bonds. The third-order valence-electron chi connectivity index (χ3n) is 5.46. The number of amides is 1. The van der Waals surface area contributed by atoms with Crippen LogP contribution in [0.25, 0.3) is 10.9 Å². The van der Waals surface area contributed by atoms with E-state index in [2.05, 4.69) is 12.2 Å². The van der Waals surface area contributed by atoms with E-state index in [1.54, 1.807) is 36.5 Å². The third-order valence-corrected chi connectivity index (χ3v) is 5.46. The molecule has 0 radical (unpaired) electrons. The molecule has 0 saturated heterocycles. The van der Waals surface area contributed by atoms with Crippen LogP contribution in [0, 0.1) is 0 Å². The minimum absolute atomic E-state index is 0.151. The van der Waals surface area contributed by atoms with Gasteiger partial charge in [0.25, 0.3) is 5.91 Å². The third kappa shape index (κ3) is 3.14. The van der Waals surface area contributed by atoms with Crippen molar-refractivity contribution in [2.75, 3.05) is 5.32 Å². The number of nitrogens with one attached hydrogen (secondary N) is 1. The summed E-state index contributed by atoms with van der Waals surface area (Å²) in [5.74, 6) is 0.997. The van der Waals surface area contributed by atoms with Crippen molar-refractivity contribution in [2.45, 2.75) is 19.4 Å². The zero-order valence-corrected chi connectivity index (χ0v) is 16.5. The van der Waals surface area contributed by atoms with Crippen LogP contribution in [0.3, 0.4) is 0 Å². The highest BCUT2D eigenvalue weighted by Gasteiger charge is 2.24. The minimum atomic E-state index is -0.410. The van der Waals surface area contributed by atoms with E-state index < -0.39 is 5.91 Å². The molecule has 5 heteroatoms. The Kier molecular flexibility index (Phi) is 4.36. The highest BCUT2D eigenvalue weighted by molar-refractivity contribution is 6.06. The maximum Gasteiger partial charge on any atom is 0.261 e. The van der Waals surface area contributed by atoms with Crippen molar-refractivity contribution >= 4 is 22.5 Å². The summed E-state index contributed by atoms with van der Waals surface area (Å²) in [7, 11) is 0. The summed E-state index contributed by atoms with van der Waals surface area (Å²) in [6.07, 6.45) is 2.55. The van der Waals surface area contributed by atoms with Crippen molar-refractivity contribution in [1.29, 1.82) is 0 Å². The summed E-state index contributed by atoms with van der Waals surface area (Å²) < 4.78 is 7.81. The predicted molar refractivity (Wildman–Crippen MR) is 118 cm³/mol. The van der Waals surface area contributed by atoms with Crippen LogP contribution in [0.1, 0.15) is 28.9 Å². The van der Waals surface area contributed by atoms with E-state index in [4.69, 9.17) is 4.74 Å². The van der Waals surface area contributed by atoms with Crippen molar-refractivity contribution in [2.24, 2.45) is 0 Å². The summed E-state index contributed by atoms with van der Waals surface area (Å²) in [6, 6.07) is 22.5. The van der Waals surface area contributed by atoms with Crippen LogP contribution in [0.2, 0.25) is 0 Å². The van der Waals surface area contributed by atoms with Crippen molar-refractivity contribution in [3.8, 4) is 11.5 Å². The smallest absolute Gasteiger partial charge is 0.261 e. The number of rotatable bonds is 4. The second-order valence-electron chi connectivity index (χ2n) is 7.54. The lowest BCUT2D eigenvalue weighted by Crippen LogP contribution is -2.23. The Labute approximate surface area is 173 Å². The number of ether oxygens (including phenoxy) is 1. The molecule has 30 heavy (non-hydrogen) atoms. The van der Waals surface area contributed by atoms with Crippen LogP contribution in [0.4, 0.5) is 5.69 Å². The fraction of sp³-hybridized carbons (Fsp3) is 0.120. The van der Waals surface area contributed by atoms with E-state index in [9.17, 15) is 9.59 Å². The minimum Gasteiger partial charge on any atom is -0.457 e. The molecule has 3 aromatic carbocycles. The van der Waals surface area contributed by atoms with Gasteiger partial charge in [0.05, 0.1) is 5.52 Å². The van der Waals surface area contributed by atoms with Gasteiger partial charge in [0.2, 0.25) is 5.43 Å². The summed E-state index contributed by atoms with van der Waals surface area (Å²) in [4.78, 5) is 25.9. The fourth-order valence-corrected chi connectivity index (χ4v) is 4.01. The van der Waals surface area contributed by atoms with Crippen molar-refractivity contribution in [1.82, 2.24) is 4.57 Å². The molecule has 0 bridgehead atoms. The second-order valence-corrected chi connectivity index (χ2v) is 7.54. The van der Waals surface area contributed by atoms with Gasteiger partial charge in [-0.05, 0) is 61.4 Å². The monoisotopic (exact) mass is 396 g/mol. The summed E-state index contributed by atoms with van der Waals surface area (Å²) >= 11 is 0. The average molecular weight is 396 g/mol. The number of hydrogen-bond acceptors (Lipinski definition) is 3. The molecule has 1 atom stereocenters. The lowest BCUT2D eigenvalue weighted by Gasteiger charge is -2.13. The predicted octanol–water partition coefficient (Wildman–Crippen LogP) is 5.16. The number of aromatic nitrogens is 1. The molecule has 1 aromatic heterocycles. The Morgan fingerprint density at radius 3 is 2.47 bits per heavy atom. The first-order valence-corrected chi connectivity index (χ1v) is 9.91.